The predicted octanol–water partition coefficient (Wildman–Crippen LogP) is 1.88. The smallest absolute Gasteiger partial charge is 0.316 e. The molecule has 0 atom stereocenters. The molecular weight excluding hydrogens is 338 g/mol. The van der Waals surface area contributed by atoms with Crippen molar-refractivity contribution in [2.75, 3.05) is 47.0 Å². The molecule has 8 heteroatoms. The molecule has 0 aromatic heterocycles. The van der Waals surface area contributed by atoms with Gasteiger partial charge in [0.05, 0.1) is 19.8 Å². The van der Waals surface area contributed by atoms with Crippen LogP contribution in [0.3, 0.4) is 0 Å². The first-order chi connectivity index (χ1) is 12.4. The number of nitrogens with one attached hydrogen (secondary N) is 2. The average molecular weight is 367 g/mol. The number of amides is 3. The number of hydrogen-bond acceptors (Lipinski definition) is 5. The summed E-state index contributed by atoms with van der Waals surface area (Å²) in [5, 5.41) is 5.44. The van der Waals surface area contributed by atoms with Gasteiger partial charge in [0.1, 0.15) is 0 Å². The van der Waals surface area contributed by atoms with Crippen molar-refractivity contribution in [2.45, 2.75) is 20.8 Å². The van der Waals surface area contributed by atoms with Crippen LogP contribution < -0.4 is 24.8 Å². The van der Waals surface area contributed by atoms with Crippen LogP contribution in [0.25, 0.3) is 0 Å². The summed E-state index contributed by atoms with van der Waals surface area (Å²) < 4.78 is 16.8. The Balaban J connectivity index is 2.86. The number of carbonyl (C=O) groups is 2. The fourth-order valence-corrected chi connectivity index (χ4v) is 2.13. The van der Waals surface area contributed by atoms with E-state index in [0.29, 0.717) is 55.7 Å². The quantitative estimate of drug-likeness (QED) is 0.617. The van der Waals surface area contributed by atoms with Gasteiger partial charge in [0, 0.05) is 32.7 Å². The van der Waals surface area contributed by atoms with Gasteiger partial charge in [0.15, 0.2) is 11.5 Å². The van der Waals surface area contributed by atoms with E-state index in [4.69, 9.17) is 14.2 Å². The molecule has 0 saturated heterocycles. The van der Waals surface area contributed by atoms with Gasteiger partial charge in [-0.15, -0.1) is 0 Å². The Bertz CT molecular complexity index is 577. The molecule has 0 aliphatic rings. The maximum atomic E-state index is 12.4. The molecule has 0 heterocycles. The van der Waals surface area contributed by atoms with Crippen LogP contribution in [-0.4, -0.2) is 63.8 Å². The summed E-state index contributed by atoms with van der Waals surface area (Å²) in [5.41, 5.74) is 0.402. The predicted molar refractivity (Wildman–Crippen MR) is 99.4 cm³/mol. The molecule has 0 aliphatic heterocycles. The SMILES string of the molecule is CCOc1cc(C(=O)NCCNC(=O)N(C)C)cc(OCC)c1OCC. The number of hydrogen-bond donors (Lipinski definition) is 2. The Hall–Kier alpha value is -2.64. The summed E-state index contributed by atoms with van der Waals surface area (Å²) in [6, 6.07) is 3.05. The highest BCUT2D eigenvalue weighted by molar-refractivity contribution is 5.95. The molecule has 3 amide bonds. The van der Waals surface area contributed by atoms with Gasteiger partial charge in [-0.25, -0.2) is 4.79 Å². The summed E-state index contributed by atoms with van der Waals surface area (Å²) in [7, 11) is 3.30. The zero-order chi connectivity index (χ0) is 19.5. The van der Waals surface area contributed by atoms with E-state index >= 15 is 0 Å². The van der Waals surface area contributed by atoms with Crippen molar-refractivity contribution in [3.05, 3.63) is 17.7 Å². The van der Waals surface area contributed by atoms with Crippen molar-refractivity contribution in [1.29, 1.82) is 0 Å². The first-order valence-electron chi connectivity index (χ1n) is 8.74. The Morgan fingerprint density at radius 2 is 1.38 bits per heavy atom. The maximum absolute atomic E-state index is 12.4. The maximum Gasteiger partial charge on any atom is 0.316 e. The highest BCUT2D eigenvalue weighted by Gasteiger charge is 2.18. The largest absolute Gasteiger partial charge is 0.490 e. The van der Waals surface area contributed by atoms with Crippen LogP contribution in [0.5, 0.6) is 17.2 Å². The van der Waals surface area contributed by atoms with Crippen molar-refractivity contribution in [1.82, 2.24) is 15.5 Å². The molecule has 146 valence electrons. The van der Waals surface area contributed by atoms with Crippen LogP contribution in [-0.2, 0) is 0 Å². The second kappa shape index (κ2) is 11.1. The van der Waals surface area contributed by atoms with Crippen LogP contribution in [0.15, 0.2) is 12.1 Å². The molecule has 26 heavy (non-hydrogen) atoms. The third kappa shape index (κ3) is 6.34. The molecule has 1 aromatic rings. The molecule has 0 aliphatic carbocycles. The van der Waals surface area contributed by atoms with Crippen LogP contribution in [0.2, 0.25) is 0 Å². The number of ether oxygens (including phenoxy) is 3. The van der Waals surface area contributed by atoms with E-state index in [-0.39, 0.29) is 11.9 Å². The number of rotatable bonds is 10. The van der Waals surface area contributed by atoms with Crippen LogP contribution in [0.1, 0.15) is 31.1 Å². The van der Waals surface area contributed by atoms with Crippen molar-refractivity contribution in [2.24, 2.45) is 0 Å². The molecule has 1 aromatic carbocycles. The molecule has 0 fully saturated rings. The van der Waals surface area contributed by atoms with Crippen LogP contribution in [0, 0.1) is 0 Å². The second-order valence-corrected chi connectivity index (χ2v) is 5.48. The standard InChI is InChI=1S/C18H29N3O5/c1-6-24-14-11-13(12-15(25-7-2)16(14)26-8-3)17(22)19-9-10-20-18(23)21(4)5/h11-12H,6-10H2,1-5H3,(H,19,22)(H,20,23). The van der Waals surface area contributed by atoms with Gasteiger partial charge in [0.25, 0.3) is 5.91 Å². The molecule has 0 saturated carbocycles. The third-order valence-electron chi connectivity index (χ3n) is 3.26. The van der Waals surface area contributed by atoms with Crippen molar-refractivity contribution in [3.8, 4) is 17.2 Å². The number of urea groups is 1. The van der Waals surface area contributed by atoms with Gasteiger partial charge < -0.3 is 29.7 Å². The van der Waals surface area contributed by atoms with Crippen LogP contribution >= 0.6 is 0 Å². The van der Waals surface area contributed by atoms with Crippen molar-refractivity contribution >= 4 is 11.9 Å². The Morgan fingerprint density at radius 1 is 0.885 bits per heavy atom. The summed E-state index contributed by atoms with van der Waals surface area (Å²) in [6.45, 7) is 7.55. The van der Waals surface area contributed by atoms with Gasteiger partial charge in [-0.3, -0.25) is 4.79 Å². The van der Waals surface area contributed by atoms with Gasteiger partial charge in [-0.05, 0) is 32.9 Å². The van der Waals surface area contributed by atoms with Gasteiger partial charge in [-0.1, -0.05) is 0 Å². The zero-order valence-electron chi connectivity index (χ0n) is 16.2. The number of benzene rings is 1. The summed E-state index contributed by atoms with van der Waals surface area (Å²) >= 11 is 0. The van der Waals surface area contributed by atoms with E-state index in [1.165, 1.54) is 4.90 Å². The molecule has 0 spiro atoms. The van der Waals surface area contributed by atoms with Crippen molar-refractivity contribution < 1.29 is 23.8 Å². The Labute approximate surface area is 154 Å². The minimum atomic E-state index is -0.283. The monoisotopic (exact) mass is 367 g/mol. The summed E-state index contributed by atoms with van der Waals surface area (Å²) in [5.74, 6) is 1.14. The minimum Gasteiger partial charge on any atom is -0.490 e. The average Bonchev–Trinajstić information content (AvgIpc) is 2.61. The molecule has 0 bridgehead atoms. The minimum absolute atomic E-state index is 0.211. The topological polar surface area (TPSA) is 89.1 Å². The van der Waals surface area contributed by atoms with E-state index in [2.05, 4.69) is 10.6 Å². The van der Waals surface area contributed by atoms with Crippen molar-refractivity contribution in [3.63, 3.8) is 0 Å². The van der Waals surface area contributed by atoms with E-state index in [0.717, 1.165) is 0 Å². The second-order valence-electron chi connectivity index (χ2n) is 5.48. The Kier molecular flexibility index (Phi) is 9.11. The first-order valence-corrected chi connectivity index (χ1v) is 8.74. The molecule has 1 rings (SSSR count). The van der Waals surface area contributed by atoms with E-state index in [1.807, 2.05) is 20.8 Å². The highest BCUT2D eigenvalue weighted by Crippen LogP contribution is 2.39. The molecule has 2 N–H and O–H groups in total. The zero-order valence-corrected chi connectivity index (χ0v) is 16.2. The van der Waals surface area contributed by atoms with E-state index in [9.17, 15) is 9.59 Å². The number of nitrogens with zero attached hydrogens (tertiary/aromatic N) is 1. The Morgan fingerprint density at radius 3 is 1.85 bits per heavy atom. The fraction of sp³-hybridized carbons (Fsp3) is 0.556. The molecule has 0 unspecified atom stereocenters. The van der Waals surface area contributed by atoms with Gasteiger partial charge in [-0.2, -0.15) is 0 Å². The lowest BCUT2D eigenvalue weighted by Gasteiger charge is -2.17. The number of carbonyl (C=O) groups excluding carboxylic acids is 2. The highest BCUT2D eigenvalue weighted by atomic mass is 16.5. The van der Waals surface area contributed by atoms with E-state index < -0.39 is 0 Å². The fourth-order valence-electron chi connectivity index (χ4n) is 2.13. The van der Waals surface area contributed by atoms with Gasteiger partial charge >= 0.3 is 6.03 Å². The lowest BCUT2D eigenvalue weighted by molar-refractivity contribution is 0.0952. The summed E-state index contributed by atoms with van der Waals surface area (Å²) in [6.07, 6.45) is 0. The van der Waals surface area contributed by atoms with E-state index in [1.54, 1.807) is 26.2 Å². The molecular formula is C18H29N3O5. The van der Waals surface area contributed by atoms with Crippen LogP contribution in [0.4, 0.5) is 4.79 Å². The lowest BCUT2D eigenvalue weighted by atomic mass is 10.1. The normalized spacial score (nSPS) is 10.0. The van der Waals surface area contributed by atoms with Gasteiger partial charge in [0.2, 0.25) is 5.75 Å². The third-order valence-corrected chi connectivity index (χ3v) is 3.26. The molecule has 0 radical (unpaired) electrons. The lowest BCUT2D eigenvalue weighted by Crippen LogP contribution is -2.39. The molecule has 8 nitrogen and oxygen atoms in total. The first kappa shape index (κ1) is 21.4. The summed E-state index contributed by atoms with van der Waals surface area (Å²) in [4.78, 5) is 25.3.